The van der Waals surface area contributed by atoms with Crippen LogP contribution in [0.25, 0.3) is 0 Å². The monoisotopic (exact) mass is 881 g/mol. The van der Waals surface area contributed by atoms with Crippen molar-refractivity contribution in [3.63, 3.8) is 0 Å². The van der Waals surface area contributed by atoms with E-state index in [9.17, 15) is 0 Å². The lowest BCUT2D eigenvalue weighted by Gasteiger charge is -2.27. The molecule has 0 N–H and O–H groups in total. The maximum absolute atomic E-state index is 6.24. The van der Waals surface area contributed by atoms with Gasteiger partial charge in [-0.25, -0.2) is 0 Å². The molecule has 0 bridgehead atoms. The minimum absolute atomic E-state index is 0.131. The molecule has 2 heterocycles. The predicted molar refractivity (Wildman–Crippen MR) is 259 cm³/mol. The van der Waals surface area contributed by atoms with E-state index < -0.39 is 0 Å². The van der Waals surface area contributed by atoms with Crippen molar-refractivity contribution in [1.82, 2.24) is 0 Å². The van der Waals surface area contributed by atoms with E-state index in [4.69, 9.17) is 37.9 Å². The largest absolute Gasteiger partial charge is 0.491 e. The molecule has 2 saturated heterocycles. The lowest BCUT2D eigenvalue weighted by Crippen LogP contribution is -2.29. The number of ether oxygens (including phenoxy) is 8. The van der Waals surface area contributed by atoms with Gasteiger partial charge in [0.05, 0.1) is 39.6 Å². The second-order valence-corrected chi connectivity index (χ2v) is 19.0. The van der Waals surface area contributed by atoms with Gasteiger partial charge in [-0.3, -0.25) is 0 Å². The second kappa shape index (κ2) is 34.2. The van der Waals surface area contributed by atoms with E-state index in [-0.39, 0.29) is 29.8 Å². The summed E-state index contributed by atoms with van der Waals surface area (Å²) >= 11 is 0. The quantitative estimate of drug-likeness (QED) is 0.0481. The molecule has 0 radical (unpaired) electrons. The van der Waals surface area contributed by atoms with Crippen LogP contribution in [0.2, 0.25) is 0 Å². The van der Waals surface area contributed by atoms with E-state index in [2.05, 4.69) is 76.2 Å². The fraction of sp³-hybridized carbons (Fsp3) is 0.782. The fourth-order valence-corrected chi connectivity index (χ4v) is 8.10. The van der Waals surface area contributed by atoms with Crippen LogP contribution in [-0.4, -0.2) is 90.5 Å². The molecule has 0 aliphatic carbocycles. The van der Waals surface area contributed by atoms with E-state index in [0.29, 0.717) is 39.6 Å². The smallest absolute Gasteiger partial charge is 0.119 e. The summed E-state index contributed by atoms with van der Waals surface area (Å²) in [5.74, 6) is 1.66. The van der Waals surface area contributed by atoms with Crippen molar-refractivity contribution in [3.05, 3.63) is 59.7 Å². The zero-order valence-corrected chi connectivity index (χ0v) is 40.7. The highest BCUT2D eigenvalue weighted by Gasteiger charge is 2.27. The minimum Gasteiger partial charge on any atom is -0.491 e. The van der Waals surface area contributed by atoms with Crippen LogP contribution in [0.15, 0.2) is 48.5 Å². The summed E-state index contributed by atoms with van der Waals surface area (Å²) in [6.07, 6.45) is 32.4. The molecule has 2 fully saturated rings. The Morgan fingerprint density at radius 1 is 0.444 bits per heavy atom. The van der Waals surface area contributed by atoms with Gasteiger partial charge in [0.25, 0.3) is 0 Å². The molecule has 0 aromatic heterocycles. The third-order valence-electron chi connectivity index (χ3n) is 12.8. The maximum Gasteiger partial charge on any atom is 0.119 e. The molecule has 2 aliphatic heterocycles. The molecule has 8 nitrogen and oxygen atoms in total. The standard InChI is InChI=1S/C55H92O8/c1-5-7-9-11-13-15-17-19-21-23-25-27-37-56-39-51(60-43-53-45-62-53)41-58-49-33-29-47(30-34-49)55(3,4)48-31-35-50(36-32-48)59-42-52(61-44-54-46-63-54)40-57-38-28-26-24-22-20-18-16-14-12-10-8-6-2/h29-36,51-54H,5-28,37-46H2,1-4H3. The fourth-order valence-electron chi connectivity index (χ4n) is 8.10. The van der Waals surface area contributed by atoms with Crippen LogP contribution < -0.4 is 9.47 Å². The Bertz CT molecular complexity index is 1240. The Labute approximate surface area is 385 Å². The molecule has 8 heteroatoms. The van der Waals surface area contributed by atoms with E-state index in [1.54, 1.807) is 0 Å². The van der Waals surface area contributed by atoms with Gasteiger partial charge in [0.1, 0.15) is 49.1 Å². The molecule has 2 aliphatic rings. The summed E-state index contributed by atoms with van der Waals surface area (Å²) < 4.78 is 47.7. The third kappa shape index (κ3) is 25.9. The number of hydrogen-bond donors (Lipinski definition) is 0. The highest BCUT2D eigenvalue weighted by Crippen LogP contribution is 2.33. The maximum atomic E-state index is 6.24. The van der Waals surface area contributed by atoms with Gasteiger partial charge in [-0.2, -0.15) is 0 Å². The Morgan fingerprint density at radius 2 is 0.746 bits per heavy atom. The number of hydrogen-bond acceptors (Lipinski definition) is 8. The molecule has 360 valence electrons. The molecular formula is C55H92O8. The van der Waals surface area contributed by atoms with Crippen molar-refractivity contribution in [2.45, 2.75) is 212 Å². The molecule has 63 heavy (non-hydrogen) atoms. The number of epoxide rings is 2. The summed E-state index contributed by atoms with van der Waals surface area (Å²) in [6.45, 7) is 15.3. The summed E-state index contributed by atoms with van der Waals surface area (Å²) in [4.78, 5) is 0. The van der Waals surface area contributed by atoms with Crippen molar-refractivity contribution < 1.29 is 37.9 Å². The van der Waals surface area contributed by atoms with Gasteiger partial charge < -0.3 is 37.9 Å². The van der Waals surface area contributed by atoms with Crippen LogP contribution in [0.5, 0.6) is 11.5 Å². The van der Waals surface area contributed by atoms with E-state index in [1.807, 2.05) is 0 Å². The molecule has 2 aromatic carbocycles. The van der Waals surface area contributed by atoms with Crippen LogP contribution in [0.1, 0.15) is 193 Å². The summed E-state index contributed by atoms with van der Waals surface area (Å²) in [6, 6.07) is 16.9. The summed E-state index contributed by atoms with van der Waals surface area (Å²) in [7, 11) is 0. The zero-order valence-electron chi connectivity index (χ0n) is 40.7. The minimum atomic E-state index is -0.202. The topological polar surface area (TPSA) is 80.4 Å². The summed E-state index contributed by atoms with van der Waals surface area (Å²) in [5.41, 5.74) is 2.23. The Morgan fingerprint density at radius 3 is 1.05 bits per heavy atom. The first kappa shape index (κ1) is 53.4. The lowest BCUT2D eigenvalue weighted by molar-refractivity contribution is -0.0418. The number of benzene rings is 2. The number of unbranched alkanes of at least 4 members (excludes halogenated alkanes) is 22. The number of rotatable bonds is 44. The molecule has 4 unspecified atom stereocenters. The van der Waals surface area contributed by atoms with Gasteiger partial charge in [-0.15, -0.1) is 0 Å². The highest BCUT2D eigenvalue weighted by atomic mass is 16.6. The van der Waals surface area contributed by atoms with E-state index in [1.165, 1.54) is 152 Å². The average Bonchev–Trinajstić information content (AvgIpc) is 4.25. The van der Waals surface area contributed by atoms with E-state index in [0.717, 1.165) is 50.8 Å². The average molecular weight is 881 g/mol. The van der Waals surface area contributed by atoms with Crippen LogP contribution in [-0.2, 0) is 33.8 Å². The molecule has 0 saturated carbocycles. The zero-order chi connectivity index (χ0) is 44.5. The van der Waals surface area contributed by atoms with Gasteiger partial charge in [0, 0.05) is 18.6 Å². The van der Waals surface area contributed by atoms with Gasteiger partial charge >= 0.3 is 0 Å². The molecule has 0 amide bonds. The van der Waals surface area contributed by atoms with Crippen molar-refractivity contribution in [2.75, 3.05) is 66.1 Å². The summed E-state index contributed by atoms with van der Waals surface area (Å²) in [5, 5.41) is 0. The Kier molecular flexibility index (Phi) is 29.0. The molecule has 0 spiro atoms. The SMILES string of the molecule is CCCCCCCCCCCCCCOCC(COc1ccc(C(C)(C)c2ccc(OCC(COCCCCCCCCCCCCCC)OCC3CO3)cc2)cc1)OCC1CO1. The molecule has 2 aromatic rings. The second-order valence-electron chi connectivity index (χ2n) is 19.0. The predicted octanol–water partition coefficient (Wildman–Crippen LogP) is 13.8. The molecule has 4 atom stereocenters. The van der Waals surface area contributed by atoms with Gasteiger partial charge in [-0.1, -0.05) is 193 Å². The van der Waals surface area contributed by atoms with E-state index >= 15 is 0 Å². The lowest BCUT2D eigenvalue weighted by atomic mass is 9.78. The molecule has 4 rings (SSSR count). The highest BCUT2D eigenvalue weighted by molar-refractivity contribution is 5.41. The Hall–Kier alpha value is -2.20. The van der Waals surface area contributed by atoms with Crippen molar-refractivity contribution in [1.29, 1.82) is 0 Å². The first-order valence-corrected chi connectivity index (χ1v) is 26.1. The van der Waals surface area contributed by atoms with Crippen LogP contribution >= 0.6 is 0 Å². The van der Waals surface area contributed by atoms with Crippen molar-refractivity contribution >= 4 is 0 Å². The first-order valence-electron chi connectivity index (χ1n) is 26.1. The van der Waals surface area contributed by atoms with Crippen LogP contribution in [0, 0.1) is 0 Å². The molecular weight excluding hydrogens is 789 g/mol. The van der Waals surface area contributed by atoms with Gasteiger partial charge in [-0.05, 0) is 48.2 Å². The van der Waals surface area contributed by atoms with Crippen molar-refractivity contribution in [3.8, 4) is 11.5 Å². The first-order chi connectivity index (χ1) is 31.0. The van der Waals surface area contributed by atoms with Crippen molar-refractivity contribution in [2.24, 2.45) is 0 Å². The van der Waals surface area contributed by atoms with Crippen LogP contribution in [0.4, 0.5) is 0 Å². The normalized spacial score (nSPS) is 16.9. The van der Waals surface area contributed by atoms with Crippen LogP contribution in [0.3, 0.4) is 0 Å². The van der Waals surface area contributed by atoms with Gasteiger partial charge in [0.15, 0.2) is 0 Å². The van der Waals surface area contributed by atoms with Gasteiger partial charge in [0.2, 0.25) is 0 Å². The third-order valence-corrected chi connectivity index (χ3v) is 12.8. The Balaban J connectivity index is 1.10.